The number of methoxy groups -OCH3 is 1. The summed E-state index contributed by atoms with van der Waals surface area (Å²) in [6.45, 7) is 4.42. The third-order valence-electron chi connectivity index (χ3n) is 2.00. The molecule has 0 unspecified atom stereocenters. The van der Waals surface area contributed by atoms with Gasteiger partial charge in [0.05, 0.1) is 7.11 Å². The third-order valence-corrected chi connectivity index (χ3v) is 2.00. The molecule has 0 aliphatic heterocycles. The Morgan fingerprint density at radius 1 is 1.29 bits per heavy atom. The number of esters is 1. The van der Waals surface area contributed by atoms with Crippen LogP contribution in [0.4, 0.5) is 0 Å². The Balaban J connectivity index is 3.21. The number of ether oxygens (including phenoxy) is 1. The van der Waals surface area contributed by atoms with E-state index in [9.17, 15) is 4.79 Å². The van der Waals surface area contributed by atoms with E-state index in [2.05, 4.69) is 30.7 Å². The Morgan fingerprint density at radius 3 is 2.57 bits per heavy atom. The first-order valence-electron chi connectivity index (χ1n) is 5.38. The van der Waals surface area contributed by atoms with Crippen LogP contribution in [0.3, 0.4) is 0 Å². The van der Waals surface area contributed by atoms with Crippen LogP contribution in [0.5, 0.6) is 0 Å². The van der Waals surface area contributed by atoms with E-state index < -0.39 is 0 Å². The van der Waals surface area contributed by atoms with Crippen LogP contribution in [-0.4, -0.2) is 13.1 Å². The molecule has 82 valence electrons. The summed E-state index contributed by atoms with van der Waals surface area (Å²) in [5.74, 6) is 0.637. The summed E-state index contributed by atoms with van der Waals surface area (Å²) < 4.78 is 4.55. The molecule has 0 aromatic heterocycles. The predicted octanol–water partition coefficient (Wildman–Crippen LogP) is 3.32. The maximum atomic E-state index is 10.7. The SMILES string of the molecule is COC(=O)CCCC/C=C/CC(C)C. The molecular formula is C12H22O2. The zero-order valence-corrected chi connectivity index (χ0v) is 9.58. The standard InChI is InChI=1S/C12H22O2/c1-11(2)9-7-5-4-6-8-10-12(13)14-3/h5,7,11H,4,6,8-10H2,1-3H3/b7-5+. The van der Waals surface area contributed by atoms with Crippen LogP contribution in [0.25, 0.3) is 0 Å². The van der Waals surface area contributed by atoms with E-state index in [1.165, 1.54) is 7.11 Å². The van der Waals surface area contributed by atoms with Crippen molar-refractivity contribution in [3.8, 4) is 0 Å². The zero-order chi connectivity index (χ0) is 10.8. The quantitative estimate of drug-likeness (QED) is 0.356. The third kappa shape index (κ3) is 9.30. The lowest BCUT2D eigenvalue weighted by Gasteiger charge is -1.98. The van der Waals surface area contributed by atoms with E-state index in [0.717, 1.165) is 31.6 Å². The van der Waals surface area contributed by atoms with Crippen molar-refractivity contribution in [3.63, 3.8) is 0 Å². The lowest BCUT2D eigenvalue weighted by Crippen LogP contribution is -1.98. The first-order chi connectivity index (χ1) is 6.66. The summed E-state index contributed by atoms with van der Waals surface area (Å²) in [5, 5.41) is 0. The number of carbonyl (C=O) groups is 1. The predicted molar refractivity (Wildman–Crippen MR) is 59.1 cm³/mol. The molecule has 0 saturated heterocycles. The van der Waals surface area contributed by atoms with E-state index in [1.807, 2.05) is 0 Å². The smallest absolute Gasteiger partial charge is 0.305 e. The highest BCUT2D eigenvalue weighted by Gasteiger charge is 1.97. The summed E-state index contributed by atoms with van der Waals surface area (Å²) in [5.41, 5.74) is 0. The van der Waals surface area contributed by atoms with Crippen molar-refractivity contribution >= 4 is 5.97 Å². The van der Waals surface area contributed by atoms with Gasteiger partial charge in [0.2, 0.25) is 0 Å². The number of carbonyl (C=O) groups excluding carboxylic acids is 1. The monoisotopic (exact) mass is 198 g/mol. The summed E-state index contributed by atoms with van der Waals surface area (Å²) in [6, 6.07) is 0. The van der Waals surface area contributed by atoms with Gasteiger partial charge in [-0.1, -0.05) is 26.0 Å². The highest BCUT2D eigenvalue weighted by Crippen LogP contribution is 2.04. The molecule has 0 aromatic rings. The Bertz CT molecular complexity index is 171. The van der Waals surface area contributed by atoms with E-state index >= 15 is 0 Å². The normalized spacial score (nSPS) is 11.1. The van der Waals surface area contributed by atoms with Gasteiger partial charge in [-0.2, -0.15) is 0 Å². The fourth-order valence-corrected chi connectivity index (χ4v) is 1.12. The Kier molecular flexibility index (Phi) is 8.30. The molecule has 0 amide bonds. The molecule has 2 nitrogen and oxygen atoms in total. The summed E-state index contributed by atoms with van der Waals surface area (Å²) in [6.07, 6.45) is 9.21. The number of rotatable bonds is 7. The van der Waals surface area contributed by atoms with Crippen molar-refractivity contribution in [2.75, 3.05) is 7.11 Å². The van der Waals surface area contributed by atoms with Gasteiger partial charge in [-0.25, -0.2) is 0 Å². The van der Waals surface area contributed by atoms with Gasteiger partial charge in [0.15, 0.2) is 0 Å². The minimum atomic E-state index is -0.101. The van der Waals surface area contributed by atoms with Crippen LogP contribution in [0.1, 0.15) is 46.0 Å². The molecule has 0 spiro atoms. The van der Waals surface area contributed by atoms with Crippen LogP contribution in [0.15, 0.2) is 12.2 Å². The van der Waals surface area contributed by atoms with Gasteiger partial charge in [-0.3, -0.25) is 4.79 Å². The molecule has 0 aromatic carbocycles. The molecule has 0 aliphatic rings. The maximum Gasteiger partial charge on any atom is 0.305 e. The molecule has 0 fully saturated rings. The number of hydrogen-bond acceptors (Lipinski definition) is 2. The minimum absolute atomic E-state index is 0.101. The van der Waals surface area contributed by atoms with Gasteiger partial charge in [-0.15, -0.1) is 0 Å². The van der Waals surface area contributed by atoms with Crippen LogP contribution < -0.4 is 0 Å². The molecule has 0 aliphatic carbocycles. The highest BCUT2D eigenvalue weighted by atomic mass is 16.5. The summed E-state index contributed by atoms with van der Waals surface area (Å²) >= 11 is 0. The first kappa shape index (κ1) is 13.2. The molecule has 2 heteroatoms. The van der Waals surface area contributed by atoms with Gasteiger partial charge >= 0.3 is 5.97 Å². The fraction of sp³-hybridized carbons (Fsp3) is 0.750. The molecular weight excluding hydrogens is 176 g/mol. The van der Waals surface area contributed by atoms with Gasteiger partial charge in [0.1, 0.15) is 0 Å². The van der Waals surface area contributed by atoms with Crippen molar-refractivity contribution in [1.29, 1.82) is 0 Å². The fourth-order valence-electron chi connectivity index (χ4n) is 1.12. The minimum Gasteiger partial charge on any atom is -0.469 e. The highest BCUT2D eigenvalue weighted by molar-refractivity contribution is 5.68. The van der Waals surface area contributed by atoms with E-state index in [-0.39, 0.29) is 5.97 Å². The van der Waals surface area contributed by atoms with Crippen molar-refractivity contribution in [3.05, 3.63) is 12.2 Å². The molecule has 14 heavy (non-hydrogen) atoms. The van der Waals surface area contributed by atoms with Gasteiger partial charge in [-0.05, 0) is 31.6 Å². The van der Waals surface area contributed by atoms with Crippen LogP contribution in [-0.2, 0) is 9.53 Å². The Labute approximate surface area is 87.3 Å². The van der Waals surface area contributed by atoms with Crippen molar-refractivity contribution < 1.29 is 9.53 Å². The molecule has 0 heterocycles. The molecule has 0 radical (unpaired) electrons. The van der Waals surface area contributed by atoms with E-state index in [1.54, 1.807) is 0 Å². The summed E-state index contributed by atoms with van der Waals surface area (Å²) in [7, 11) is 1.44. The van der Waals surface area contributed by atoms with Crippen molar-refractivity contribution in [2.45, 2.75) is 46.0 Å². The molecule has 0 rings (SSSR count). The number of unbranched alkanes of at least 4 members (excludes halogenated alkanes) is 2. The van der Waals surface area contributed by atoms with E-state index in [4.69, 9.17) is 0 Å². The number of hydrogen-bond donors (Lipinski definition) is 0. The Hall–Kier alpha value is -0.790. The van der Waals surface area contributed by atoms with Gasteiger partial charge < -0.3 is 4.74 Å². The molecule has 0 atom stereocenters. The maximum absolute atomic E-state index is 10.7. The Morgan fingerprint density at radius 2 is 2.00 bits per heavy atom. The average Bonchev–Trinajstić information content (AvgIpc) is 2.15. The summed E-state index contributed by atoms with van der Waals surface area (Å²) in [4.78, 5) is 10.7. The van der Waals surface area contributed by atoms with Gasteiger partial charge in [0, 0.05) is 6.42 Å². The van der Waals surface area contributed by atoms with Crippen molar-refractivity contribution in [2.24, 2.45) is 5.92 Å². The van der Waals surface area contributed by atoms with Crippen LogP contribution in [0.2, 0.25) is 0 Å². The van der Waals surface area contributed by atoms with Crippen molar-refractivity contribution in [1.82, 2.24) is 0 Å². The topological polar surface area (TPSA) is 26.3 Å². The van der Waals surface area contributed by atoms with Crippen LogP contribution in [0, 0.1) is 5.92 Å². The lowest BCUT2D eigenvalue weighted by atomic mass is 10.1. The first-order valence-corrected chi connectivity index (χ1v) is 5.38. The molecule has 0 saturated carbocycles. The van der Waals surface area contributed by atoms with Gasteiger partial charge in [0.25, 0.3) is 0 Å². The zero-order valence-electron chi connectivity index (χ0n) is 9.58. The largest absolute Gasteiger partial charge is 0.469 e. The second-order valence-corrected chi connectivity index (χ2v) is 3.92. The lowest BCUT2D eigenvalue weighted by molar-refractivity contribution is -0.140. The average molecular weight is 198 g/mol. The number of allylic oxidation sites excluding steroid dienone is 2. The second kappa shape index (κ2) is 8.79. The van der Waals surface area contributed by atoms with Crippen LogP contribution >= 0.6 is 0 Å². The second-order valence-electron chi connectivity index (χ2n) is 3.92. The molecule has 0 N–H and O–H groups in total. The molecule has 0 bridgehead atoms. The van der Waals surface area contributed by atoms with E-state index in [0.29, 0.717) is 6.42 Å².